The summed E-state index contributed by atoms with van der Waals surface area (Å²) in [5, 5.41) is 0. The van der Waals surface area contributed by atoms with Gasteiger partial charge in [0.05, 0.1) is 19.8 Å². The number of nitrogens with two attached hydrogens (primary N) is 1. The molecular formula is C13H19IN2O3. The number of primary amides is 1. The summed E-state index contributed by atoms with van der Waals surface area (Å²) in [4.78, 5) is 13.6. The van der Waals surface area contributed by atoms with E-state index in [1.54, 1.807) is 20.3 Å². The Bertz CT molecular complexity index is 475. The van der Waals surface area contributed by atoms with Crippen LogP contribution in [0.2, 0.25) is 0 Å². The minimum Gasteiger partial charge on any atom is -0.493 e. The van der Waals surface area contributed by atoms with Crippen LogP contribution in [-0.4, -0.2) is 45.7 Å². The lowest BCUT2D eigenvalue weighted by atomic mass is 10.0. The Morgan fingerprint density at radius 3 is 2.42 bits per heavy atom. The zero-order valence-corrected chi connectivity index (χ0v) is 13.8. The second-order valence-electron chi connectivity index (χ2n) is 4.37. The third kappa shape index (κ3) is 3.73. The van der Waals surface area contributed by atoms with Gasteiger partial charge in [0.1, 0.15) is 0 Å². The first-order valence-electron chi connectivity index (χ1n) is 5.80. The van der Waals surface area contributed by atoms with Crippen molar-refractivity contribution >= 4 is 28.5 Å². The van der Waals surface area contributed by atoms with E-state index in [1.807, 2.05) is 14.1 Å². The van der Waals surface area contributed by atoms with Crippen LogP contribution in [0.5, 0.6) is 11.5 Å². The Morgan fingerprint density at radius 2 is 2.00 bits per heavy atom. The van der Waals surface area contributed by atoms with Crippen molar-refractivity contribution in [2.24, 2.45) is 5.73 Å². The standard InChI is InChI=1S/C13H19IN2O3/c1-16(2)6-5-8-11(14)9(13(15)17)7-10(18-3)12(8)19-4/h7H,5-6H2,1-4H3,(H2,15,17). The summed E-state index contributed by atoms with van der Waals surface area (Å²) in [7, 11) is 7.13. The molecule has 5 nitrogen and oxygen atoms in total. The molecule has 0 aliphatic heterocycles. The first-order valence-corrected chi connectivity index (χ1v) is 6.88. The van der Waals surface area contributed by atoms with Crippen LogP contribution in [-0.2, 0) is 6.42 Å². The van der Waals surface area contributed by atoms with E-state index in [4.69, 9.17) is 15.2 Å². The average molecular weight is 378 g/mol. The molecule has 1 aromatic carbocycles. The molecule has 0 atom stereocenters. The van der Waals surface area contributed by atoms with Crippen LogP contribution in [0.15, 0.2) is 6.07 Å². The van der Waals surface area contributed by atoms with Crippen molar-refractivity contribution < 1.29 is 14.3 Å². The van der Waals surface area contributed by atoms with Crippen molar-refractivity contribution in [1.82, 2.24) is 4.90 Å². The monoisotopic (exact) mass is 378 g/mol. The van der Waals surface area contributed by atoms with E-state index in [0.29, 0.717) is 17.1 Å². The Hall–Kier alpha value is -1.02. The number of rotatable bonds is 6. The molecular weight excluding hydrogens is 359 g/mol. The van der Waals surface area contributed by atoms with Gasteiger partial charge in [-0.3, -0.25) is 4.79 Å². The van der Waals surface area contributed by atoms with Crippen LogP contribution in [0.3, 0.4) is 0 Å². The number of amides is 1. The van der Waals surface area contributed by atoms with Gasteiger partial charge in [-0.05, 0) is 49.2 Å². The topological polar surface area (TPSA) is 64.8 Å². The number of hydrogen-bond donors (Lipinski definition) is 1. The Morgan fingerprint density at radius 1 is 1.37 bits per heavy atom. The minimum absolute atomic E-state index is 0.462. The number of nitrogens with zero attached hydrogens (tertiary/aromatic N) is 1. The largest absolute Gasteiger partial charge is 0.493 e. The van der Waals surface area contributed by atoms with Crippen LogP contribution in [0.25, 0.3) is 0 Å². The van der Waals surface area contributed by atoms with E-state index < -0.39 is 5.91 Å². The molecule has 1 amide bonds. The Kier molecular flexibility index (Phi) is 5.86. The number of benzene rings is 1. The smallest absolute Gasteiger partial charge is 0.249 e. The molecule has 0 aliphatic rings. The number of carbonyl (C=O) groups is 1. The summed E-state index contributed by atoms with van der Waals surface area (Å²) in [6.45, 7) is 0.845. The van der Waals surface area contributed by atoms with E-state index >= 15 is 0 Å². The van der Waals surface area contributed by atoms with Gasteiger partial charge in [0.25, 0.3) is 0 Å². The van der Waals surface area contributed by atoms with Gasteiger partial charge in [-0.15, -0.1) is 0 Å². The highest BCUT2D eigenvalue weighted by Crippen LogP contribution is 2.37. The first-order chi connectivity index (χ1) is 8.92. The lowest BCUT2D eigenvalue weighted by molar-refractivity contribution is 0.0999. The van der Waals surface area contributed by atoms with E-state index in [1.165, 1.54) is 0 Å². The maximum absolute atomic E-state index is 11.5. The third-order valence-electron chi connectivity index (χ3n) is 2.77. The number of halogens is 1. The second kappa shape index (κ2) is 6.95. The molecule has 6 heteroatoms. The van der Waals surface area contributed by atoms with E-state index in [9.17, 15) is 4.79 Å². The molecule has 2 N–H and O–H groups in total. The lowest BCUT2D eigenvalue weighted by Gasteiger charge is -2.18. The molecule has 0 saturated heterocycles. The summed E-state index contributed by atoms with van der Waals surface area (Å²) >= 11 is 2.13. The number of methoxy groups -OCH3 is 2. The summed E-state index contributed by atoms with van der Waals surface area (Å²) in [6, 6.07) is 1.63. The molecule has 0 bridgehead atoms. The fourth-order valence-electron chi connectivity index (χ4n) is 1.78. The quantitative estimate of drug-likeness (QED) is 0.763. The van der Waals surface area contributed by atoms with Gasteiger partial charge in [0.2, 0.25) is 5.91 Å². The molecule has 1 rings (SSSR count). The molecule has 0 saturated carbocycles. The highest BCUT2D eigenvalue weighted by molar-refractivity contribution is 14.1. The Labute approximate surface area is 127 Å². The highest BCUT2D eigenvalue weighted by atomic mass is 127. The van der Waals surface area contributed by atoms with Crippen LogP contribution in [0.1, 0.15) is 15.9 Å². The van der Waals surface area contributed by atoms with Crippen molar-refractivity contribution in [2.45, 2.75) is 6.42 Å². The lowest BCUT2D eigenvalue weighted by Crippen LogP contribution is -2.19. The van der Waals surface area contributed by atoms with Gasteiger partial charge >= 0.3 is 0 Å². The first kappa shape index (κ1) is 16.0. The summed E-state index contributed by atoms with van der Waals surface area (Å²) in [6.07, 6.45) is 0.756. The van der Waals surface area contributed by atoms with Crippen molar-refractivity contribution in [1.29, 1.82) is 0 Å². The zero-order chi connectivity index (χ0) is 14.6. The SMILES string of the molecule is COc1cc(C(N)=O)c(I)c(CCN(C)C)c1OC. The molecule has 0 spiro atoms. The van der Waals surface area contributed by atoms with Crippen molar-refractivity contribution in [3.63, 3.8) is 0 Å². The van der Waals surface area contributed by atoms with E-state index in [2.05, 4.69) is 27.5 Å². The predicted octanol–water partition coefficient (Wildman–Crippen LogP) is 1.51. The molecule has 19 heavy (non-hydrogen) atoms. The summed E-state index contributed by atoms with van der Waals surface area (Å²) in [5.74, 6) is 0.737. The number of carbonyl (C=O) groups excluding carboxylic acids is 1. The predicted molar refractivity (Wildman–Crippen MR) is 83.0 cm³/mol. The third-order valence-corrected chi connectivity index (χ3v) is 4.01. The molecule has 106 valence electrons. The molecule has 0 fully saturated rings. The summed E-state index contributed by atoms with van der Waals surface area (Å²) in [5.41, 5.74) is 6.82. The zero-order valence-electron chi connectivity index (χ0n) is 11.6. The van der Waals surface area contributed by atoms with Gasteiger partial charge in [-0.2, -0.15) is 0 Å². The fourth-order valence-corrected chi connectivity index (χ4v) is 2.72. The molecule has 0 radical (unpaired) electrons. The number of likely N-dealkylation sites (N-methyl/N-ethyl adjacent to an activating group) is 1. The van der Waals surface area contributed by atoms with Crippen LogP contribution >= 0.6 is 22.6 Å². The number of ether oxygens (including phenoxy) is 2. The molecule has 0 aliphatic carbocycles. The van der Waals surface area contributed by atoms with Gasteiger partial charge < -0.3 is 20.1 Å². The van der Waals surface area contributed by atoms with Gasteiger partial charge in [0, 0.05) is 15.7 Å². The van der Waals surface area contributed by atoms with Crippen LogP contribution in [0.4, 0.5) is 0 Å². The number of hydrogen-bond acceptors (Lipinski definition) is 4. The second-order valence-corrected chi connectivity index (χ2v) is 5.45. The van der Waals surface area contributed by atoms with Gasteiger partial charge in [0.15, 0.2) is 11.5 Å². The van der Waals surface area contributed by atoms with Crippen molar-refractivity contribution in [3.8, 4) is 11.5 Å². The highest BCUT2D eigenvalue weighted by Gasteiger charge is 2.20. The maximum Gasteiger partial charge on any atom is 0.249 e. The van der Waals surface area contributed by atoms with E-state index in [-0.39, 0.29) is 0 Å². The normalized spacial score (nSPS) is 10.6. The molecule has 0 aromatic heterocycles. The summed E-state index contributed by atoms with van der Waals surface area (Å²) < 4.78 is 11.5. The molecule has 1 aromatic rings. The van der Waals surface area contributed by atoms with Crippen LogP contribution in [0, 0.1) is 3.57 Å². The minimum atomic E-state index is -0.462. The molecule has 0 unspecified atom stereocenters. The van der Waals surface area contributed by atoms with Gasteiger partial charge in [-0.25, -0.2) is 0 Å². The van der Waals surface area contributed by atoms with Crippen LogP contribution < -0.4 is 15.2 Å². The Balaban J connectivity index is 3.37. The molecule has 0 heterocycles. The maximum atomic E-state index is 11.5. The average Bonchev–Trinajstić information content (AvgIpc) is 2.35. The van der Waals surface area contributed by atoms with Gasteiger partial charge in [-0.1, -0.05) is 0 Å². The fraction of sp³-hybridized carbons (Fsp3) is 0.462. The van der Waals surface area contributed by atoms with Crippen molar-refractivity contribution in [3.05, 3.63) is 20.8 Å². The van der Waals surface area contributed by atoms with Crippen molar-refractivity contribution in [2.75, 3.05) is 34.9 Å². The van der Waals surface area contributed by atoms with E-state index in [0.717, 1.165) is 22.1 Å².